The maximum absolute atomic E-state index is 11.8. The molecule has 0 spiro atoms. The van der Waals surface area contributed by atoms with Gasteiger partial charge in [-0.05, 0) is 32.1 Å². The molecule has 116 valence electrons. The molecule has 20 heavy (non-hydrogen) atoms. The first kappa shape index (κ1) is 18.9. The number of halogens is 1. The van der Waals surface area contributed by atoms with Crippen LogP contribution in [0.5, 0.6) is 0 Å². The van der Waals surface area contributed by atoms with Gasteiger partial charge in [-0.15, -0.1) is 18.2 Å². The number of alkyl halides is 1. The van der Waals surface area contributed by atoms with Crippen molar-refractivity contribution in [2.75, 3.05) is 5.88 Å². The fourth-order valence-electron chi connectivity index (χ4n) is 1.81. The molecule has 0 heterocycles. The Morgan fingerprint density at radius 3 is 2.50 bits per heavy atom. The number of carbonyl (C=O) groups is 2. The second-order valence-corrected chi connectivity index (χ2v) is 5.48. The normalized spacial score (nSPS) is 16.8. The summed E-state index contributed by atoms with van der Waals surface area (Å²) in [4.78, 5) is 22.8. The Balaban J connectivity index is 4.60. The first-order valence-corrected chi connectivity index (χ1v) is 7.31. The van der Waals surface area contributed by atoms with Crippen molar-refractivity contribution < 1.29 is 14.7 Å². The average Bonchev–Trinajstić information content (AvgIpc) is 2.42. The lowest BCUT2D eigenvalue weighted by atomic mass is 9.94. The molecule has 4 atom stereocenters. The molecule has 2 amide bonds. The summed E-state index contributed by atoms with van der Waals surface area (Å²) in [5, 5.41) is 12.5. The van der Waals surface area contributed by atoms with Crippen LogP contribution in [0.15, 0.2) is 12.7 Å². The van der Waals surface area contributed by atoms with E-state index in [4.69, 9.17) is 17.3 Å². The molecular formula is C14H25ClN2O3. The predicted octanol–water partition coefficient (Wildman–Crippen LogP) is 1.18. The van der Waals surface area contributed by atoms with E-state index >= 15 is 0 Å². The van der Waals surface area contributed by atoms with Crippen LogP contribution in [0.25, 0.3) is 0 Å². The standard InChI is InChI=1S/C14H25ClN2O3/c1-4-5-6-9(2)7-11(12(18)8-15)17-14(20)10(3)13(16)19/h4,9-12,18H,1,5-8H2,2-3H3,(H2,16,19)(H,17,20)/t9?,10?,11-,12-/m0/s1. The van der Waals surface area contributed by atoms with Crippen molar-refractivity contribution in [3.05, 3.63) is 12.7 Å². The summed E-state index contributed by atoms with van der Waals surface area (Å²) in [5.74, 6) is -1.79. The first-order chi connectivity index (χ1) is 9.33. The van der Waals surface area contributed by atoms with Crippen LogP contribution in [0.2, 0.25) is 0 Å². The highest BCUT2D eigenvalue weighted by molar-refractivity contribution is 6.18. The zero-order valence-corrected chi connectivity index (χ0v) is 12.9. The van der Waals surface area contributed by atoms with Crippen LogP contribution < -0.4 is 11.1 Å². The first-order valence-electron chi connectivity index (χ1n) is 6.78. The summed E-state index contributed by atoms with van der Waals surface area (Å²) in [6.07, 6.45) is 3.34. The molecule has 6 heteroatoms. The van der Waals surface area contributed by atoms with E-state index in [0.717, 1.165) is 12.8 Å². The molecule has 2 unspecified atom stereocenters. The van der Waals surface area contributed by atoms with Gasteiger partial charge >= 0.3 is 0 Å². The Morgan fingerprint density at radius 1 is 1.45 bits per heavy atom. The SMILES string of the molecule is C=CCCC(C)C[C@H](NC(=O)C(C)C(N)=O)[C@@H](O)CCl. The van der Waals surface area contributed by atoms with Crippen molar-refractivity contribution in [1.82, 2.24) is 5.32 Å². The number of aliphatic hydroxyl groups is 1. The number of hydrogen-bond acceptors (Lipinski definition) is 3. The smallest absolute Gasteiger partial charge is 0.232 e. The monoisotopic (exact) mass is 304 g/mol. The van der Waals surface area contributed by atoms with E-state index in [1.165, 1.54) is 6.92 Å². The molecule has 0 saturated carbocycles. The lowest BCUT2D eigenvalue weighted by Gasteiger charge is -2.26. The fraction of sp³-hybridized carbons (Fsp3) is 0.714. The van der Waals surface area contributed by atoms with E-state index in [1.807, 2.05) is 13.0 Å². The van der Waals surface area contributed by atoms with Gasteiger partial charge in [0.2, 0.25) is 11.8 Å². The van der Waals surface area contributed by atoms with Crippen molar-refractivity contribution >= 4 is 23.4 Å². The molecule has 4 N–H and O–H groups in total. The summed E-state index contributed by atoms with van der Waals surface area (Å²) < 4.78 is 0. The van der Waals surface area contributed by atoms with Crippen LogP contribution in [-0.4, -0.2) is 34.9 Å². The van der Waals surface area contributed by atoms with Crippen molar-refractivity contribution in [2.45, 2.75) is 45.3 Å². The van der Waals surface area contributed by atoms with Crippen LogP contribution >= 0.6 is 11.6 Å². The number of amides is 2. The van der Waals surface area contributed by atoms with Crippen molar-refractivity contribution in [3.8, 4) is 0 Å². The van der Waals surface area contributed by atoms with Crippen molar-refractivity contribution in [2.24, 2.45) is 17.6 Å². The van der Waals surface area contributed by atoms with Crippen molar-refractivity contribution in [3.63, 3.8) is 0 Å². The highest BCUT2D eigenvalue weighted by Crippen LogP contribution is 2.16. The Bertz CT molecular complexity index is 336. The number of hydrogen-bond donors (Lipinski definition) is 3. The van der Waals surface area contributed by atoms with E-state index in [-0.39, 0.29) is 5.88 Å². The van der Waals surface area contributed by atoms with Gasteiger partial charge in [0, 0.05) is 0 Å². The minimum Gasteiger partial charge on any atom is -0.390 e. The minimum absolute atomic E-state index is 0.0179. The van der Waals surface area contributed by atoms with Crippen LogP contribution in [0.4, 0.5) is 0 Å². The second-order valence-electron chi connectivity index (χ2n) is 5.17. The second kappa shape index (κ2) is 9.77. The van der Waals surface area contributed by atoms with Gasteiger partial charge in [-0.25, -0.2) is 0 Å². The molecule has 0 aromatic heterocycles. The van der Waals surface area contributed by atoms with E-state index in [2.05, 4.69) is 11.9 Å². The molecule has 5 nitrogen and oxygen atoms in total. The highest BCUT2D eigenvalue weighted by atomic mass is 35.5. The van der Waals surface area contributed by atoms with E-state index < -0.39 is 29.9 Å². The molecule has 0 aliphatic carbocycles. The van der Waals surface area contributed by atoms with Gasteiger partial charge in [-0.2, -0.15) is 0 Å². The third-order valence-corrected chi connectivity index (χ3v) is 3.61. The Labute approximate surface area is 125 Å². The van der Waals surface area contributed by atoms with Gasteiger partial charge in [0.05, 0.1) is 18.0 Å². The van der Waals surface area contributed by atoms with Gasteiger partial charge in [0.1, 0.15) is 5.92 Å². The largest absolute Gasteiger partial charge is 0.390 e. The number of allylic oxidation sites excluding steroid dienone is 1. The predicted molar refractivity (Wildman–Crippen MR) is 80.2 cm³/mol. The van der Waals surface area contributed by atoms with Gasteiger partial charge in [0.15, 0.2) is 0 Å². The van der Waals surface area contributed by atoms with E-state index in [1.54, 1.807) is 0 Å². The van der Waals surface area contributed by atoms with Gasteiger partial charge in [-0.1, -0.05) is 13.0 Å². The van der Waals surface area contributed by atoms with Gasteiger partial charge in [-0.3, -0.25) is 9.59 Å². The Kier molecular flexibility index (Phi) is 9.25. The lowest BCUT2D eigenvalue weighted by Crippen LogP contribution is -2.48. The average molecular weight is 305 g/mol. The molecule has 0 fully saturated rings. The molecular weight excluding hydrogens is 280 g/mol. The fourth-order valence-corrected chi connectivity index (χ4v) is 2.03. The summed E-state index contributed by atoms with van der Waals surface area (Å²) in [5.41, 5.74) is 5.09. The van der Waals surface area contributed by atoms with Gasteiger partial charge in [0.25, 0.3) is 0 Å². The summed E-state index contributed by atoms with van der Waals surface area (Å²) in [6.45, 7) is 7.12. The number of rotatable bonds is 10. The number of nitrogens with two attached hydrogens (primary N) is 1. The minimum atomic E-state index is -0.927. The number of primary amides is 1. The topological polar surface area (TPSA) is 92.4 Å². The maximum Gasteiger partial charge on any atom is 0.232 e. The molecule has 0 saturated heterocycles. The molecule has 0 aliphatic heterocycles. The molecule has 0 radical (unpaired) electrons. The molecule has 0 aromatic rings. The van der Waals surface area contributed by atoms with Crippen LogP contribution in [0, 0.1) is 11.8 Å². The molecule has 0 aliphatic rings. The molecule has 0 bridgehead atoms. The lowest BCUT2D eigenvalue weighted by molar-refractivity contribution is -0.133. The van der Waals surface area contributed by atoms with Crippen LogP contribution in [0.1, 0.15) is 33.1 Å². The summed E-state index contributed by atoms with van der Waals surface area (Å²) >= 11 is 5.65. The van der Waals surface area contributed by atoms with E-state index in [0.29, 0.717) is 12.3 Å². The molecule has 0 rings (SSSR count). The maximum atomic E-state index is 11.8. The summed E-state index contributed by atoms with van der Waals surface area (Å²) in [7, 11) is 0. The summed E-state index contributed by atoms with van der Waals surface area (Å²) in [6, 6.07) is -0.485. The Morgan fingerprint density at radius 2 is 2.05 bits per heavy atom. The number of nitrogens with one attached hydrogen (secondary N) is 1. The molecule has 0 aromatic carbocycles. The zero-order chi connectivity index (χ0) is 15.7. The van der Waals surface area contributed by atoms with Gasteiger partial charge < -0.3 is 16.2 Å². The number of carbonyl (C=O) groups excluding carboxylic acids is 2. The van der Waals surface area contributed by atoms with Crippen LogP contribution in [-0.2, 0) is 9.59 Å². The Hall–Kier alpha value is -1.07. The highest BCUT2D eigenvalue weighted by Gasteiger charge is 2.26. The van der Waals surface area contributed by atoms with E-state index in [9.17, 15) is 14.7 Å². The zero-order valence-electron chi connectivity index (χ0n) is 12.1. The van der Waals surface area contributed by atoms with Crippen LogP contribution in [0.3, 0.4) is 0 Å². The third-order valence-electron chi connectivity index (χ3n) is 3.29. The number of aliphatic hydroxyl groups excluding tert-OH is 1. The van der Waals surface area contributed by atoms with Crippen molar-refractivity contribution in [1.29, 1.82) is 0 Å². The quantitative estimate of drug-likeness (QED) is 0.321. The third kappa shape index (κ3) is 6.91.